The Bertz CT molecular complexity index is 1010. The van der Waals surface area contributed by atoms with Gasteiger partial charge >= 0.3 is 0 Å². The van der Waals surface area contributed by atoms with Crippen molar-refractivity contribution in [2.75, 3.05) is 18.1 Å². The minimum absolute atomic E-state index is 0.0730. The molecular weight excluding hydrogens is 361 g/mol. The normalized spacial score (nSPS) is 16.4. The Morgan fingerprint density at radius 3 is 2.79 bits per heavy atom. The third-order valence-electron chi connectivity index (χ3n) is 4.85. The van der Waals surface area contributed by atoms with E-state index < -0.39 is 0 Å². The van der Waals surface area contributed by atoms with Crippen LogP contribution in [-0.2, 0) is 7.05 Å². The summed E-state index contributed by atoms with van der Waals surface area (Å²) in [6, 6.07) is 9.24. The van der Waals surface area contributed by atoms with Gasteiger partial charge < -0.3 is 9.64 Å². The largest absolute Gasteiger partial charge is 0.491 e. The molecule has 1 aromatic carbocycles. The topological polar surface area (TPSA) is 73.1 Å². The van der Waals surface area contributed by atoms with E-state index in [1.54, 1.807) is 36.0 Å². The van der Waals surface area contributed by atoms with Crippen LogP contribution in [0.3, 0.4) is 0 Å². The maximum Gasteiger partial charge on any atom is 0.255 e. The highest BCUT2D eigenvalue weighted by atomic mass is 19.1. The molecule has 0 radical (unpaired) electrons. The maximum atomic E-state index is 13.1. The number of benzene rings is 1. The van der Waals surface area contributed by atoms with Crippen LogP contribution in [-0.4, -0.2) is 38.7 Å². The lowest BCUT2D eigenvalue weighted by Gasteiger charge is -2.27. The van der Waals surface area contributed by atoms with Gasteiger partial charge in [-0.15, -0.1) is 0 Å². The van der Waals surface area contributed by atoms with Gasteiger partial charge in [0.05, 0.1) is 17.4 Å². The molecule has 1 aliphatic rings. The van der Waals surface area contributed by atoms with Crippen LogP contribution in [0.4, 0.5) is 10.3 Å². The molecule has 0 aliphatic carbocycles. The second kappa shape index (κ2) is 7.75. The first-order valence-corrected chi connectivity index (χ1v) is 9.11. The zero-order valence-electron chi connectivity index (χ0n) is 15.5. The van der Waals surface area contributed by atoms with E-state index in [4.69, 9.17) is 9.72 Å². The SMILES string of the molecule is Cn1c(N2CCC[C@H]2COc2ccc(F)cc2)nc(-c2ccncn2)cc1=O. The lowest BCUT2D eigenvalue weighted by atomic mass is 10.2. The number of nitrogens with zero attached hydrogens (tertiary/aromatic N) is 5. The summed E-state index contributed by atoms with van der Waals surface area (Å²) in [6.45, 7) is 1.21. The number of halogens is 1. The maximum absolute atomic E-state index is 13.1. The van der Waals surface area contributed by atoms with Gasteiger partial charge in [-0.2, -0.15) is 0 Å². The van der Waals surface area contributed by atoms with Gasteiger partial charge in [0.15, 0.2) is 0 Å². The molecule has 0 spiro atoms. The first kappa shape index (κ1) is 18.1. The molecule has 0 N–H and O–H groups in total. The summed E-state index contributed by atoms with van der Waals surface area (Å²) < 4.78 is 20.4. The van der Waals surface area contributed by atoms with Crippen molar-refractivity contribution in [3.8, 4) is 17.1 Å². The van der Waals surface area contributed by atoms with Gasteiger partial charge in [0.25, 0.3) is 5.56 Å². The lowest BCUT2D eigenvalue weighted by Crippen LogP contribution is -2.38. The highest BCUT2D eigenvalue weighted by Gasteiger charge is 2.28. The smallest absolute Gasteiger partial charge is 0.255 e. The molecule has 2 aromatic heterocycles. The van der Waals surface area contributed by atoms with E-state index >= 15 is 0 Å². The van der Waals surface area contributed by atoms with Crippen LogP contribution in [0.2, 0.25) is 0 Å². The number of hydrogen-bond donors (Lipinski definition) is 0. The summed E-state index contributed by atoms with van der Waals surface area (Å²) in [4.78, 5) is 27.4. The van der Waals surface area contributed by atoms with Gasteiger partial charge in [-0.25, -0.2) is 19.3 Å². The summed E-state index contributed by atoms with van der Waals surface area (Å²) in [7, 11) is 1.71. The summed E-state index contributed by atoms with van der Waals surface area (Å²) >= 11 is 0. The average molecular weight is 381 g/mol. The van der Waals surface area contributed by atoms with Crippen LogP contribution in [0.15, 0.2) is 53.7 Å². The third-order valence-corrected chi connectivity index (χ3v) is 4.85. The van der Waals surface area contributed by atoms with Crippen LogP contribution in [0.1, 0.15) is 12.8 Å². The van der Waals surface area contributed by atoms with Crippen molar-refractivity contribution in [1.29, 1.82) is 0 Å². The van der Waals surface area contributed by atoms with Crippen LogP contribution >= 0.6 is 0 Å². The zero-order valence-corrected chi connectivity index (χ0v) is 15.5. The molecule has 1 fully saturated rings. The number of aromatic nitrogens is 4. The molecule has 0 amide bonds. The molecule has 0 saturated carbocycles. The second-order valence-electron chi connectivity index (χ2n) is 6.69. The summed E-state index contributed by atoms with van der Waals surface area (Å²) in [5, 5.41) is 0. The molecule has 1 atom stereocenters. The number of hydrogen-bond acceptors (Lipinski definition) is 6. The Morgan fingerprint density at radius 1 is 1.21 bits per heavy atom. The quantitative estimate of drug-likeness (QED) is 0.676. The Morgan fingerprint density at radius 2 is 2.04 bits per heavy atom. The van der Waals surface area contributed by atoms with Crippen LogP contribution in [0, 0.1) is 5.82 Å². The molecule has 144 valence electrons. The van der Waals surface area contributed by atoms with Crippen molar-refractivity contribution < 1.29 is 9.13 Å². The third kappa shape index (κ3) is 3.71. The molecule has 0 unspecified atom stereocenters. The van der Waals surface area contributed by atoms with E-state index in [2.05, 4.69) is 14.9 Å². The van der Waals surface area contributed by atoms with E-state index in [1.807, 2.05) is 0 Å². The average Bonchev–Trinajstić information content (AvgIpc) is 3.18. The van der Waals surface area contributed by atoms with Gasteiger partial charge in [-0.1, -0.05) is 0 Å². The first-order chi connectivity index (χ1) is 13.6. The van der Waals surface area contributed by atoms with Gasteiger partial charge in [0.1, 0.15) is 24.5 Å². The predicted octanol–water partition coefficient (Wildman–Crippen LogP) is 2.42. The number of rotatable bonds is 5. The summed E-state index contributed by atoms with van der Waals surface area (Å²) in [5.41, 5.74) is 0.974. The first-order valence-electron chi connectivity index (χ1n) is 9.11. The lowest BCUT2D eigenvalue weighted by molar-refractivity contribution is 0.287. The van der Waals surface area contributed by atoms with Gasteiger partial charge in [-0.05, 0) is 43.2 Å². The zero-order chi connectivity index (χ0) is 19.5. The second-order valence-corrected chi connectivity index (χ2v) is 6.69. The number of ether oxygens (including phenoxy) is 1. The van der Waals surface area contributed by atoms with Crippen LogP contribution in [0.5, 0.6) is 5.75 Å². The van der Waals surface area contributed by atoms with Gasteiger partial charge in [0.2, 0.25) is 5.95 Å². The minimum atomic E-state index is -0.296. The number of anilines is 1. The van der Waals surface area contributed by atoms with E-state index in [1.165, 1.54) is 24.5 Å². The highest BCUT2D eigenvalue weighted by Crippen LogP contribution is 2.25. The highest BCUT2D eigenvalue weighted by molar-refractivity contribution is 5.55. The van der Waals surface area contributed by atoms with Crippen LogP contribution < -0.4 is 15.2 Å². The van der Waals surface area contributed by atoms with Crippen molar-refractivity contribution in [2.45, 2.75) is 18.9 Å². The van der Waals surface area contributed by atoms with Crippen LogP contribution in [0.25, 0.3) is 11.4 Å². The fourth-order valence-electron chi connectivity index (χ4n) is 3.35. The molecular formula is C20H20FN5O2. The fraction of sp³-hybridized carbons (Fsp3) is 0.300. The van der Waals surface area contributed by atoms with Crippen molar-refractivity contribution >= 4 is 5.95 Å². The van der Waals surface area contributed by atoms with E-state index in [9.17, 15) is 9.18 Å². The molecule has 28 heavy (non-hydrogen) atoms. The van der Waals surface area contributed by atoms with E-state index in [-0.39, 0.29) is 17.4 Å². The van der Waals surface area contributed by atoms with Crippen molar-refractivity contribution in [3.05, 3.63) is 65.1 Å². The van der Waals surface area contributed by atoms with E-state index in [0.29, 0.717) is 29.7 Å². The van der Waals surface area contributed by atoms with Crippen molar-refractivity contribution in [3.63, 3.8) is 0 Å². The summed E-state index contributed by atoms with van der Waals surface area (Å²) in [6.07, 6.45) is 4.96. The molecule has 3 heterocycles. The Labute approximate surface area is 161 Å². The standard InChI is InChI=1S/C20H20FN5O2/c1-25-19(27)11-18(17-8-9-22-13-23-17)24-20(25)26-10-2-3-15(26)12-28-16-6-4-14(21)5-7-16/h4-9,11,13,15H,2-3,10,12H2,1H3/t15-/m0/s1. The van der Waals surface area contributed by atoms with Gasteiger partial charge in [-0.3, -0.25) is 9.36 Å². The molecule has 4 rings (SSSR count). The Kier molecular flexibility index (Phi) is 5.01. The Hall–Kier alpha value is -3.29. The molecule has 8 heteroatoms. The predicted molar refractivity (Wildman–Crippen MR) is 103 cm³/mol. The van der Waals surface area contributed by atoms with Gasteiger partial charge in [0, 0.05) is 25.9 Å². The summed E-state index contributed by atoms with van der Waals surface area (Å²) in [5.74, 6) is 0.909. The van der Waals surface area contributed by atoms with E-state index in [0.717, 1.165) is 19.4 Å². The molecule has 1 aliphatic heterocycles. The van der Waals surface area contributed by atoms with Crippen molar-refractivity contribution in [1.82, 2.24) is 19.5 Å². The monoisotopic (exact) mass is 381 g/mol. The molecule has 7 nitrogen and oxygen atoms in total. The Balaban J connectivity index is 1.59. The molecule has 1 saturated heterocycles. The minimum Gasteiger partial charge on any atom is -0.491 e. The molecule has 3 aromatic rings. The fourth-order valence-corrected chi connectivity index (χ4v) is 3.35. The van der Waals surface area contributed by atoms with Crippen molar-refractivity contribution in [2.24, 2.45) is 7.05 Å². The molecule has 0 bridgehead atoms.